The molecule has 3 heteroatoms. The van der Waals surface area contributed by atoms with E-state index in [0.717, 1.165) is 25.3 Å². The minimum atomic E-state index is -0.523. The molecule has 1 rings (SSSR count). The number of unbranched alkanes of at least 4 members (excludes halogenated alkanes) is 1. The Labute approximate surface area is 102 Å². The molecule has 1 atom stereocenters. The van der Waals surface area contributed by atoms with Crippen LogP contribution in [0.3, 0.4) is 0 Å². The average Bonchev–Trinajstić information content (AvgIpc) is 2.24. The Kier molecular flexibility index (Phi) is 5.56. The highest BCUT2D eigenvalue weighted by atomic mass is 19.1. The van der Waals surface area contributed by atoms with Crippen LogP contribution in [0.5, 0.6) is 0 Å². The number of hydrogen-bond acceptors (Lipinski definition) is 1. The molecule has 0 aliphatic heterocycles. The van der Waals surface area contributed by atoms with Crippen molar-refractivity contribution < 1.29 is 8.78 Å². The van der Waals surface area contributed by atoms with Crippen molar-refractivity contribution in [1.29, 1.82) is 0 Å². The Morgan fingerprint density at radius 2 is 1.94 bits per heavy atom. The summed E-state index contributed by atoms with van der Waals surface area (Å²) in [6, 6.07) is 4.06. The van der Waals surface area contributed by atoms with Crippen molar-refractivity contribution >= 4 is 0 Å². The Morgan fingerprint density at radius 3 is 2.47 bits per heavy atom. The van der Waals surface area contributed by atoms with E-state index >= 15 is 0 Å². The second kappa shape index (κ2) is 6.70. The van der Waals surface area contributed by atoms with E-state index in [2.05, 4.69) is 12.2 Å². The van der Waals surface area contributed by atoms with E-state index in [4.69, 9.17) is 0 Å². The maximum Gasteiger partial charge on any atom is 0.130 e. The van der Waals surface area contributed by atoms with E-state index in [1.807, 2.05) is 13.8 Å². The van der Waals surface area contributed by atoms with Crippen LogP contribution >= 0.6 is 0 Å². The molecule has 1 aromatic rings. The van der Waals surface area contributed by atoms with Gasteiger partial charge in [0.2, 0.25) is 0 Å². The normalized spacial score (nSPS) is 13.1. The van der Waals surface area contributed by atoms with Gasteiger partial charge in [-0.2, -0.15) is 0 Å². The zero-order valence-electron chi connectivity index (χ0n) is 10.8. The Hall–Kier alpha value is -0.960. The predicted octanol–water partition coefficient (Wildman–Crippen LogP) is 4.19. The molecule has 0 bridgehead atoms. The number of benzene rings is 1. The van der Waals surface area contributed by atoms with Crippen LogP contribution in [0.1, 0.15) is 51.6 Å². The van der Waals surface area contributed by atoms with Gasteiger partial charge in [0.05, 0.1) is 0 Å². The number of nitrogens with one attached hydrogen (secondary N) is 1. The molecule has 0 spiro atoms. The van der Waals surface area contributed by atoms with Crippen LogP contribution in [0, 0.1) is 11.6 Å². The van der Waals surface area contributed by atoms with E-state index < -0.39 is 11.6 Å². The summed E-state index contributed by atoms with van der Waals surface area (Å²) in [5, 5.41) is 3.33. The fourth-order valence-electron chi connectivity index (χ4n) is 1.92. The van der Waals surface area contributed by atoms with Gasteiger partial charge in [-0.1, -0.05) is 39.7 Å². The van der Waals surface area contributed by atoms with Gasteiger partial charge in [0, 0.05) is 23.7 Å². The Balaban J connectivity index is 2.86. The highest BCUT2D eigenvalue weighted by Crippen LogP contribution is 2.23. The average molecular weight is 241 g/mol. The first-order chi connectivity index (χ1) is 8.04. The van der Waals surface area contributed by atoms with Gasteiger partial charge in [-0.3, -0.25) is 0 Å². The van der Waals surface area contributed by atoms with Crippen molar-refractivity contribution in [2.75, 3.05) is 0 Å². The summed E-state index contributed by atoms with van der Waals surface area (Å²) < 4.78 is 26.6. The van der Waals surface area contributed by atoms with Crippen LogP contribution < -0.4 is 5.32 Å². The van der Waals surface area contributed by atoms with Crippen molar-refractivity contribution in [2.45, 2.75) is 52.1 Å². The van der Waals surface area contributed by atoms with Gasteiger partial charge in [0.1, 0.15) is 11.6 Å². The van der Waals surface area contributed by atoms with Gasteiger partial charge >= 0.3 is 0 Å². The Morgan fingerprint density at radius 1 is 1.24 bits per heavy atom. The maximum atomic E-state index is 13.7. The molecule has 96 valence electrons. The minimum absolute atomic E-state index is 0.0319. The van der Waals surface area contributed by atoms with Crippen LogP contribution in [0.2, 0.25) is 0 Å². The fourth-order valence-corrected chi connectivity index (χ4v) is 1.92. The minimum Gasteiger partial charge on any atom is -0.308 e. The summed E-state index contributed by atoms with van der Waals surface area (Å²) in [4.78, 5) is 0. The van der Waals surface area contributed by atoms with Crippen molar-refractivity contribution in [1.82, 2.24) is 5.32 Å². The van der Waals surface area contributed by atoms with Crippen LogP contribution in [0.4, 0.5) is 8.78 Å². The standard InChI is InChI=1S/C14H21F2N/c1-4-5-6-14(17-10(2)3)12-8-7-11(15)9-13(12)16/h7-10,14,17H,4-6H2,1-3H3. The van der Waals surface area contributed by atoms with E-state index in [-0.39, 0.29) is 12.1 Å². The van der Waals surface area contributed by atoms with Crippen LogP contribution in [0.25, 0.3) is 0 Å². The van der Waals surface area contributed by atoms with E-state index in [0.29, 0.717) is 5.56 Å². The quantitative estimate of drug-likeness (QED) is 0.787. The SMILES string of the molecule is CCCCC(NC(C)C)c1ccc(F)cc1F. The Bertz CT molecular complexity index is 350. The van der Waals surface area contributed by atoms with Crippen molar-refractivity contribution in [3.63, 3.8) is 0 Å². The number of rotatable bonds is 6. The first kappa shape index (κ1) is 14.1. The van der Waals surface area contributed by atoms with Crippen molar-refractivity contribution in [3.8, 4) is 0 Å². The van der Waals surface area contributed by atoms with Crippen LogP contribution in [0.15, 0.2) is 18.2 Å². The predicted molar refractivity (Wildman–Crippen MR) is 66.9 cm³/mol. The highest BCUT2D eigenvalue weighted by Gasteiger charge is 2.16. The van der Waals surface area contributed by atoms with Gasteiger partial charge < -0.3 is 5.32 Å². The summed E-state index contributed by atoms with van der Waals surface area (Å²) in [6.45, 7) is 6.16. The summed E-state index contributed by atoms with van der Waals surface area (Å²) in [7, 11) is 0. The van der Waals surface area contributed by atoms with Gasteiger partial charge in [0.15, 0.2) is 0 Å². The van der Waals surface area contributed by atoms with E-state index in [1.165, 1.54) is 6.07 Å². The number of halogens is 2. The molecule has 1 N–H and O–H groups in total. The molecule has 1 aromatic carbocycles. The molecular formula is C14H21F2N. The lowest BCUT2D eigenvalue weighted by Crippen LogP contribution is -2.28. The van der Waals surface area contributed by atoms with E-state index in [9.17, 15) is 8.78 Å². The second-order valence-corrected chi connectivity index (χ2v) is 4.68. The molecule has 0 saturated carbocycles. The fraction of sp³-hybridized carbons (Fsp3) is 0.571. The second-order valence-electron chi connectivity index (χ2n) is 4.68. The third-order valence-corrected chi connectivity index (χ3v) is 2.72. The van der Waals surface area contributed by atoms with Crippen molar-refractivity contribution in [3.05, 3.63) is 35.4 Å². The van der Waals surface area contributed by atoms with E-state index in [1.54, 1.807) is 6.07 Å². The summed E-state index contributed by atoms with van der Waals surface area (Å²) in [5.74, 6) is -0.982. The molecular weight excluding hydrogens is 220 g/mol. The zero-order chi connectivity index (χ0) is 12.8. The first-order valence-electron chi connectivity index (χ1n) is 6.25. The molecule has 1 nitrogen and oxygen atoms in total. The topological polar surface area (TPSA) is 12.0 Å². The van der Waals surface area contributed by atoms with Crippen LogP contribution in [-0.4, -0.2) is 6.04 Å². The zero-order valence-corrected chi connectivity index (χ0v) is 10.8. The number of hydrogen-bond donors (Lipinski definition) is 1. The molecule has 0 aromatic heterocycles. The molecule has 0 fully saturated rings. The molecule has 0 amide bonds. The lowest BCUT2D eigenvalue weighted by atomic mass is 9.99. The van der Waals surface area contributed by atoms with Gasteiger partial charge in [-0.05, 0) is 12.5 Å². The first-order valence-corrected chi connectivity index (χ1v) is 6.25. The molecule has 0 heterocycles. The van der Waals surface area contributed by atoms with Gasteiger partial charge in [0.25, 0.3) is 0 Å². The molecule has 17 heavy (non-hydrogen) atoms. The highest BCUT2D eigenvalue weighted by molar-refractivity contribution is 5.22. The smallest absolute Gasteiger partial charge is 0.130 e. The lowest BCUT2D eigenvalue weighted by Gasteiger charge is -2.22. The maximum absolute atomic E-state index is 13.7. The lowest BCUT2D eigenvalue weighted by molar-refractivity contribution is 0.423. The van der Waals surface area contributed by atoms with Crippen molar-refractivity contribution in [2.24, 2.45) is 0 Å². The third kappa shape index (κ3) is 4.43. The largest absolute Gasteiger partial charge is 0.308 e. The van der Waals surface area contributed by atoms with Gasteiger partial charge in [-0.25, -0.2) is 8.78 Å². The molecule has 1 unspecified atom stereocenters. The third-order valence-electron chi connectivity index (χ3n) is 2.72. The monoisotopic (exact) mass is 241 g/mol. The van der Waals surface area contributed by atoms with Gasteiger partial charge in [-0.15, -0.1) is 0 Å². The summed E-state index contributed by atoms with van der Waals surface area (Å²) >= 11 is 0. The van der Waals surface area contributed by atoms with Crippen LogP contribution in [-0.2, 0) is 0 Å². The molecule has 0 saturated heterocycles. The molecule has 0 aliphatic carbocycles. The molecule has 0 radical (unpaired) electrons. The summed E-state index contributed by atoms with van der Waals surface area (Å²) in [5.41, 5.74) is 0.563. The molecule has 0 aliphatic rings. The summed E-state index contributed by atoms with van der Waals surface area (Å²) in [6.07, 6.45) is 2.97.